The molecule has 0 aliphatic rings. The van der Waals surface area contributed by atoms with Crippen molar-refractivity contribution in [2.75, 3.05) is 46.9 Å². The first kappa shape index (κ1) is 22.5. The van der Waals surface area contributed by atoms with Gasteiger partial charge in [-0.3, -0.25) is 4.79 Å². The molecule has 18 heavy (non-hydrogen) atoms. The molecular formula is C13H32N2O3. The van der Waals surface area contributed by atoms with Crippen molar-refractivity contribution in [3.05, 3.63) is 0 Å². The summed E-state index contributed by atoms with van der Waals surface area (Å²) in [6.45, 7) is 9.16. The highest BCUT2D eigenvalue weighted by Gasteiger charge is 2.11. The Morgan fingerprint density at radius 1 is 0.889 bits per heavy atom. The molecule has 0 saturated carbocycles. The molecule has 0 spiro atoms. The molecule has 5 nitrogen and oxygen atoms in total. The van der Waals surface area contributed by atoms with E-state index in [0.29, 0.717) is 26.1 Å². The molecule has 0 aromatic heterocycles. The Balaban J connectivity index is -0.000000506. The quantitative estimate of drug-likeness (QED) is 0.714. The molecule has 5 heteroatoms. The van der Waals surface area contributed by atoms with Crippen LogP contribution >= 0.6 is 0 Å². The number of carbonyl (C=O) groups is 1. The van der Waals surface area contributed by atoms with E-state index in [2.05, 4.69) is 0 Å². The van der Waals surface area contributed by atoms with Crippen LogP contribution in [0.2, 0.25) is 0 Å². The summed E-state index contributed by atoms with van der Waals surface area (Å²) >= 11 is 0. The molecule has 0 radical (unpaired) electrons. The molecule has 0 aromatic carbocycles. The van der Waals surface area contributed by atoms with E-state index in [1.54, 1.807) is 0 Å². The Hall–Kier alpha value is -0.650. The number of aliphatic hydroxyl groups is 2. The third kappa shape index (κ3) is 15.4. The molecule has 0 atom stereocenters. The van der Waals surface area contributed by atoms with Gasteiger partial charge in [0.25, 0.3) is 0 Å². The summed E-state index contributed by atoms with van der Waals surface area (Å²) in [7, 11) is 3.80. The number of hydrogen-bond donors (Lipinski definition) is 2. The fourth-order valence-corrected chi connectivity index (χ4v) is 1.08. The summed E-state index contributed by atoms with van der Waals surface area (Å²) in [5, 5.41) is 17.4. The normalized spacial score (nSPS) is 8.94. The summed E-state index contributed by atoms with van der Waals surface area (Å²) in [6, 6.07) is 0. The summed E-state index contributed by atoms with van der Waals surface area (Å²) in [6.07, 6.45) is 0.424. The van der Waals surface area contributed by atoms with Crippen molar-refractivity contribution >= 4 is 5.91 Å². The van der Waals surface area contributed by atoms with Gasteiger partial charge in [-0.2, -0.15) is 0 Å². The van der Waals surface area contributed by atoms with Crippen molar-refractivity contribution in [1.29, 1.82) is 0 Å². The highest BCUT2D eigenvalue weighted by atomic mass is 16.3. The standard InChI is InChI=1S/C9H20N2O3.2C2H6/c1-10(2)4-3-9(14)11(5-7-12)6-8-13;2*1-2/h12-13H,3-8H2,1-2H3;2*1-2H3. The number of amides is 1. The lowest BCUT2D eigenvalue weighted by Gasteiger charge is -2.21. The average molecular weight is 264 g/mol. The zero-order valence-corrected chi connectivity index (χ0v) is 12.9. The number of nitrogens with zero attached hydrogens (tertiary/aromatic N) is 2. The fraction of sp³-hybridized carbons (Fsp3) is 0.923. The van der Waals surface area contributed by atoms with E-state index in [0.717, 1.165) is 0 Å². The second-order valence-electron chi connectivity index (χ2n) is 3.38. The molecule has 0 fully saturated rings. The SMILES string of the molecule is CC.CC.CN(C)CCC(=O)N(CCO)CCO. The van der Waals surface area contributed by atoms with Crippen LogP contribution in [-0.4, -0.2) is 72.9 Å². The Kier molecular flexibility index (Phi) is 23.4. The molecule has 0 heterocycles. The Morgan fingerprint density at radius 3 is 1.56 bits per heavy atom. The van der Waals surface area contributed by atoms with Gasteiger partial charge < -0.3 is 20.0 Å². The first-order valence-electron chi connectivity index (χ1n) is 6.76. The van der Waals surface area contributed by atoms with Crippen LogP contribution in [0, 0.1) is 0 Å². The Morgan fingerprint density at radius 2 is 1.28 bits per heavy atom. The molecule has 0 aliphatic heterocycles. The van der Waals surface area contributed by atoms with Crippen molar-refractivity contribution in [2.45, 2.75) is 34.1 Å². The van der Waals surface area contributed by atoms with Crippen molar-refractivity contribution < 1.29 is 15.0 Å². The minimum Gasteiger partial charge on any atom is -0.395 e. The predicted molar refractivity (Wildman–Crippen MR) is 76.6 cm³/mol. The Bertz CT molecular complexity index is 158. The summed E-state index contributed by atoms with van der Waals surface area (Å²) in [5.74, 6) is -0.0261. The molecule has 0 bridgehead atoms. The van der Waals surface area contributed by atoms with Crippen molar-refractivity contribution in [3.8, 4) is 0 Å². The van der Waals surface area contributed by atoms with Gasteiger partial charge in [0, 0.05) is 26.1 Å². The molecule has 0 aromatic rings. The van der Waals surface area contributed by atoms with Crippen LogP contribution in [0.4, 0.5) is 0 Å². The molecule has 1 amide bonds. The van der Waals surface area contributed by atoms with E-state index < -0.39 is 0 Å². The van der Waals surface area contributed by atoms with Gasteiger partial charge in [0.15, 0.2) is 0 Å². The van der Waals surface area contributed by atoms with E-state index in [-0.39, 0.29) is 19.1 Å². The number of rotatable bonds is 7. The van der Waals surface area contributed by atoms with Gasteiger partial charge in [-0.1, -0.05) is 27.7 Å². The molecule has 0 rings (SSSR count). The number of aliphatic hydroxyl groups excluding tert-OH is 2. The maximum atomic E-state index is 11.5. The van der Waals surface area contributed by atoms with Gasteiger partial charge >= 0.3 is 0 Å². The van der Waals surface area contributed by atoms with Crippen LogP contribution in [0.3, 0.4) is 0 Å². The maximum Gasteiger partial charge on any atom is 0.224 e. The fourth-order valence-electron chi connectivity index (χ4n) is 1.08. The zero-order chi connectivity index (χ0) is 15.0. The largest absolute Gasteiger partial charge is 0.395 e. The minimum absolute atomic E-state index is 0.0261. The lowest BCUT2D eigenvalue weighted by atomic mass is 10.3. The third-order valence-electron chi connectivity index (χ3n) is 1.87. The monoisotopic (exact) mass is 264 g/mol. The lowest BCUT2D eigenvalue weighted by Crippen LogP contribution is -2.37. The zero-order valence-electron chi connectivity index (χ0n) is 12.9. The van der Waals surface area contributed by atoms with Crippen LogP contribution in [0.1, 0.15) is 34.1 Å². The van der Waals surface area contributed by atoms with Crippen LogP contribution in [0.15, 0.2) is 0 Å². The predicted octanol–water partition coefficient (Wildman–Crippen LogP) is 0.804. The van der Waals surface area contributed by atoms with Crippen LogP contribution < -0.4 is 0 Å². The van der Waals surface area contributed by atoms with Gasteiger partial charge in [-0.25, -0.2) is 0 Å². The second-order valence-corrected chi connectivity index (χ2v) is 3.38. The first-order valence-corrected chi connectivity index (χ1v) is 6.76. The molecular weight excluding hydrogens is 232 g/mol. The van der Waals surface area contributed by atoms with Crippen molar-refractivity contribution in [3.63, 3.8) is 0 Å². The molecule has 0 saturated heterocycles. The van der Waals surface area contributed by atoms with Crippen molar-refractivity contribution in [2.24, 2.45) is 0 Å². The first-order chi connectivity index (χ1) is 8.61. The Labute approximate surface area is 112 Å². The smallest absolute Gasteiger partial charge is 0.224 e. The van der Waals surface area contributed by atoms with E-state index in [1.807, 2.05) is 46.7 Å². The second kappa shape index (κ2) is 18.7. The average Bonchev–Trinajstić information content (AvgIpc) is 2.40. The third-order valence-corrected chi connectivity index (χ3v) is 1.87. The highest BCUT2D eigenvalue weighted by molar-refractivity contribution is 5.76. The maximum absolute atomic E-state index is 11.5. The van der Waals surface area contributed by atoms with Gasteiger partial charge in [0.2, 0.25) is 5.91 Å². The van der Waals surface area contributed by atoms with Crippen molar-refractivity contribution in [1.82, 2.24) is 9.80 Å². The van der Waals surface area contributed by atoms with Gasteiger partial charge in [-0.05, 0) is 14.1 Å². The number of carbonyl (C=O) groups excluding carboxylic acids is 1. The summed E-state index contributed by atoms with van der Waals surface area (Å²) in [5.41, 5.74) is 0. The molecule has 0 unspecified atom stereocenters. The van der Waals surface area contributed by atoms with Crippen LogP contribution in [0.5, 0.6) is 0 Å². The summed E-state index contributed by atoms with van der Waals surface area (Å²) in [4.78, 5) is 14.9. The van der Waals surface area contributed by atoms with E-state index in [1.165, 1.54) is 4.90 Å². The summed E-state index contributed by atoms with van der Waals surface area (Å²) < 4.78 is 0. The van der Waals surface area contributed by atoms with Gasteiger partial charge in [-0.15, -0.1) is 0 Å². The molecule has 0 aliphatic carbocycles. The minimum atomic E-state index is -0.0618. The number of hydrogen-bond acceptors (Lipinski definition) is 4. The van der Waals surface area contributed by atoms with E-state index in [9.17, 15) is 4.79 Å². The topological polar surface area (TPSA) is 64.0 Å². The lowest BCUT2D eigenvalue weighted by molar-refractivity contribution is -0.132. The van der Waals surface area contributed by atoms with Crippen LogP contribution in [-0.2, 0) is 4.79 Å². The van der Waals surface area contributed by atoms with Crippen LogP contribution in [0.25, 0.3) is 0 Å². The molecule has 112 valence electrons. The van der Waals surface area contributed by atoms with Gasteiger partial charge in [0.1, 0.15) is 0 Å². The van der Waals surface area contributed by atoms with E-state index in [4.69, 9.17) is 10.2 Å². The highest BCUT2D eigenvalue weighted by Crippen LogP contribution is 1.94. The van der Waals surface area contributed by atoms with Gasteiger partial charge in [0.05, 0.1) is 13.2 Å². The molecule has 2 N–H and O–H groups in total. The van der Waals surface area contributed by atoms with E-state index >= 15 is 0 Å².